The van der Waals surface area contributed by atoms with Crippen LogP contribution < -0.4 is 10.6 Å². The second-order valence-electron chi connectivity index (χ2n) is 5.06. The number of phenols is 1. The number of carbonyl (C=O) groups is 1. The molecule has 0 amide bonds. The highest BCUT2D eigenvalue weighted by molar-refractivity contribution is 7.80. The van der Waals surface area contributed by atoms with Crippen molar-refractivity contribution in [2.45, 2.75) is 20.8 Å². The van der Waals surface area contributed by atoms with Crippen molar-refractivity contribution in [3.63, 3.8) is 0 Å². The minimum atomic E-state index is -0.391. The lowest BCUT2D eigenvalue weighted by molar-refractivity contribution is 0.0601. The average molecular weight is 350 g/mol. The van der Waals surface area contributed by atoms with E-state index in [-0.39, 0.29) is 5.75 Å². The zero-order chi connectivity index (χ0) is 17.1. The number of thiocarbonyl (C=S) groups is 1. The van der Waals surface area contributed by atoms with E-state index < -0.39 is 5.97 Å². The third-order valence-corrected chi connectivity index (χ3v) is 4.79. The number of benzene rings is 1. The van der Waals surface area contributed by atoms with Crippen molar-refractivity contribution < 1.29 is 14.6 Å². The smallest absolute Gasteiger partial charge is 0.341 e. The molecule has 0 saturated carbocycles. The molecular weight excluding hydrogens is 332 g/mol. The first-order chi connectivity index (χ1) is 10.8. The molecule has 0 aliphatic heterocycles. The monoisotopic (exact) mass is 350 g/mol. The van der Waals surface area contributed by atoms with Crippen LogP contribution in [0.25, 0.3) is 0 Å². The maximum absolute atomic E-state index is 12.0. The van der Waals surface area contributed by atoms with E-state index in [1.165, 1.54) is 18.4 Å². The Morgan fingerprint density at radius 2 is 1.96 bits per heavy atom. The molecule has 7 heteroatoms. The topological polar surface area (TPSA) is 70.6 Å². The summed E-state index contributed by atoms with van der Waals surface area (Å²) in [5, 5.41) is 16.6. The molecule has 0 atom stereocenters. The molecule has 2 rings (SSSR count). The van der Waals surface area contributed by atoms with Crippen LogP contribution in [0.15, 0.2) is 18.2 Å². The van der Waals surface area contributed by atoms with Crippen LogP contribution in [0.5, 0.6) is 5.75 Å². The van der Waals surface area contributed by atoms with E-state index in [0.29, 0.717) is 15.7 Å². The number of rotatable bonds is 3. The van der Waals surface area contributed by atoms with Crippen LogP contribution in [0.4, 0.5) is 10.7 Å². The van der Waals surface area contributed by atoms with Crippen LogP contribution in [-0.4, -0.2) is 23.3 Å². The molecule has 0 aliphatic rings. The minimum absolute atomic E-state index is 0.199. The van der Waals surface area contributed by atoms with Crippen LogP contribution in [0.2, 0.25) is 0 Å². The summed E-state index contributed by atoms with van der Waals surface area (Å²) in [5.74, 6) is -0.192. The summed E-state index contributed by atoms with van der Waals surface area (Å²) in [6, 6.07) is 4.96. The Kier molecular flexibility index (Phi) is 5.23. The van der Waals surface area contributed by atoms with E-state index in [1.54, 1.807) is 18.2 Å². The van der Waals surface area contributed by atoms with Gasteiger partial charge in [0.25, 0.3) is 0 Å². The van der Waals surface area contributed by atoms with Crippen molar-refractivity contribution in [2.75, 3.05) is 17.7 Å². The number of phenolic OH excluding ortho intramolecular Hbond substituents is 1. The van der Waals surface area contributed by atoms with Crippen LogP contribution in [0, 0.1) is 20.8 Å². The summed E-state index contributed by atoms with van der Waals surface area (Å²) in [6.45, 7) is 5.69. The molecule has 1 aromatic carbocycles. The number of ether oxygens (including phenoxy) is 1. The van der Waals surface area contributed by atoms with E-state index >= 15 is 0 Å². The summed E-state index contributed by atoms with van der Waals surface area (Å²) < 4.78 is 4.84. The van der Waals surface area contributed by atoms with Crippen LogP contribution in [0.1, 0.15) is 26.4 Å². The largest absolute Gasteiger partial charge is 0.508 e. The van der Waals surface area contributed by atoms with Gasteiger partial charge in [-0.25, -0.2) is 4.79 Å². The first-order valence-corrected chi connectivity index (χ1v) is 8.12. The number of thiophene rings is 1. The number of aromatic hydroxyl groups is 1. The second-order valence-corrected chi connectivity index (χ2v) is 6.69. The lowest BCUT2D eigenvalue weighted by Crippen LogP contribution is -2.20. The molecule has 0 bridgehead atoms. The van der Waals surface area contributed by atoms with Crippen molar-refractivity contribution in [3.05, 3.63) is 39.8 Å². The van der Waals surface area contributed by atoms with Gasteiger partial charge in [0.2, 0.25) is 0 Å². The van der Waals surface area contributed by atoms with Gasteiger partial charge in [-0.1, -0.05) is 0 Å². The van der Waals surface area contributed by atoms with E-state index in [2.05, 4.69) is 10.6 Å². The quantitative estimate of drug-likeness (QED) is 0.442. The van der Waals surface area contributed by atoms with Gasteiger partial charge < -0.3 is 20.5 Å². The molecule has 2 aromatic rings. The summed E-state index contributed by atoms with van der Waals surface area (Å²) in [6.07, 6.45) is 0. The molecule has 0 fully saturated rings. The lowest BCUT2D eigenvalue weighted by atomic mass is 10.1. The molecule has 23 heavy (non-hydrogen) atoms. The molecule has 1 heterocycles. The Labute approximate surface area is 144 Å². The molecular formula is C16H18N2O3S2. The van der Waals surface area contributed by atoms with E-state index in [4.69, 9.17) is 17.0 Å². The van der Waals surface area contributed by atoms with Gasteiger partial charge in [0.15, 0.2) is 5.11 Å². The molecule has 0 saturated heterocycles. The standard InChI is InChI=1S/C16H18N2O3S2/c1-8-7-11(19)5-6-12(8)17-16(22)18-14-13(15(20)21-4)9(2)10(3)23-14/h5-7,19H,1-4H3,(H2,17,18,22). The number of esters is 1. The third-order valence-electron chi connectivity index (χ3n) is 3.46. The van der Waals surface area contributed by atoms with Crippen molar-refractivity contribution in [2.24, 2.45) is 0 Å². The molecule has 0 spiro atoms. The fraction of sp³-hybridized carbons (Fsp3) is 0.250. The summed E-state index contributed by atoms with van der Waals surface area (Å²) >= 11 is 6.77. The zero-order valence-corrected chi connectivity index (χ0v) is 14.9. The van der Waals surface area contributed by atoms with Crippen molar-refractivity contribution in [3.8, 4) is 5.75 Å². The number of aryl methyl sites for hydroxylation is 2. The van der Waals surface area contributed by atoms with Crippen molar-refractivity contribution >= 4 is 45.3 Å². The number of methoxy groups -OCH3 is 1. The molecule has 1 aromatic heterocycles. The molecule has 0 aliphatic carbocycles. The van der Waals surface area contributed by atoms with Crippen molar-refractivity contribution in [1.82, 2.24) is 0 Å². The minimum Gasteiger partial charge on any atom is -0.508 e. The number of hydrogen-bond acceptors (Lipinski definition) is 5. The first kappa shape index (κ1) is 17.2. The van der Waals surface area contributed by atoms with Crippen molar-refractivity contribution in [1.29, 1.82) is 0 Å². The van der Waals surface area contributed by atoms with Gasteiger partial charge in [-0.3, -0.25) is 0 Å². The Morgan fingerprint density at radius 1 is 1.26 bits per heavy atom. The molecule has 3 N–H and O–H groups in total. The third kappa shape index (κ3) is 3.80. The number of anilines is 2. The summed E-state index contributed by atoms with van der Waals surface area (Å²) in [7, 11) is 1.36. The maximum atomic E-state index is 12.0. The Bertz CT molecular complexity index is 769. The second kappa shape index (κ2) is 6.97. The van der Waals surface area contributed by atoms with E-state index in [1.807, 2.05) is 20.8 Å². The fourth-order valence-corrected chi connectivity index (χ4v) is 3.44. The number of nitrogens with one attached hydrogen (secondary N) is 2. The molecule has 0 unspecified atom stereocenters. The van der Waals surface area contributed by atoms with Crippen LogP contribution >= 0.6 is 23.6 Å². The number of carbonyl (C=O) groups excluding carboxylic acids is 1. The average Bonchev–Trinajstić information content (AvgIpc) is 2.76. The van der Waals surface area contributed by atoms with E-state index in [9.17, 15) is 9.90 Å². The van der Waals surface area contributed by atoms with Gasteiger partial charge in [-0.2, -0.15) is 0 Å². The normalized spacial score (nSPS) is 10.3. The van der Waals surface area contributed by atoms with Gasteiger partial charge >= 0.3 is 5.97 Å². The van der Waals surface area contributed by atoms with Crippen LogP contribution in [0.3, 0.4) is 0 Å². The maximum Gasteiger partial charge on any atom is 0.341 e. The van der Waals surface area contributed by atoms with Gasteiger partial charge in [0, 0.05) is 10.6 Å². The fourth-order valence-electron chi connectivity index (χ4n) is 2.11. The van der Waals surface area contributed by atoms with Gasteiger partial charge in [0.05, 0.1) is 12.7 Å². The predicted molar refractivity (Wildman–Crippen MR) is 97.8 cm³/mol. The van der Waals surface area contributed by atoms with E-state index in [0.717, 1.165) is 21.7 Å². The SMILES string of the molecule is COC(=O)c1c(NC(=S)Nc2ccc(O)cc2C)sc(C)c1C. The molecule has 0 radical (unpaired) electrons. The Balaban J connectivity index is 2.20. The zero-order valence-electron chi connectivity index (χ0n) is 13.3. The summed E-state index contributed by atoms with van der Waals surface area (Å²) in [4.78, 5) is 13.0. The highest BCUT2D eigenvalue weighted by atomic mass is 32.1. The lowest BCUT2D eigenvalue weighted by Gasteiger charge is -2.12. The molecule has 5 nitrogen and oxygen atoms in total. The Morgan fingerprint density at radius 3 is 2.57 bits per heavy atom. The highest BCUT2D eigenvalue weighted by Crippen LogP contribution is 2.33. The molecule has 122 valence electrons. The predicted octanol–water partition coefficient (Wildman–Crippen LogP) is 3.97. The Hall–Kier alpha value is -2.12. The van der Waals surface area contributed by atoms with Gasteiger partial charge in [0.1, 0.15) is 10.8 Å². The highest BCUT2D eigenvalue weighted by Gasteiger charge is 2.20. The summed E-state index contributed by atoms with van der Waals surface area (Å²) in [5.41, 5.74) is 3.03. The first-order valence-electron chi connectivity index (χ1n) is 6.89. The number of hydrogen-bond donors (Lipinski definition) is 3. The van der Waals surface area contributed by atoms with Crippen LogP contribution in [-0.2, 0) is 4.74 Å². The van der Waals surface area contributed by atoms with Gasteiger partial charge in [-0.05, 0) is 62.3 Å². The van der Waals surface area contributed by atoms with Gasteiger partial charge in [-0.15, -0.1) is 11.3 Å².